The average Bonchev–Trinajstić information content (AvgIpc) is 3.16. The Morgan fingerprint density at radius 2 is 1.86 bits per heavy atom. The third-order valence-corrected chi connectivity index (χ3v) is 4.81. The van der Waals surface area contributed by atoms with Crippen LogP contribution in [-0.4, -0.2) is 24.4 Å². The molecule has 1 aliphatic heterocycles. The van der Waals surface area contributed by atoms with Gasteiger partial charge in [0.05, 0.1) is 31.4 Å². The van der Waals surface area contributed by atoms with Crippen molar-refractivity contribution in [3.8, 4) is 34.7 Å². The molecule has 0 unspecified atom stereocenters. The van der Waals surface area contributed by atoms with Gasteiger partial charge in [-0.1, -0.05) is 12.1 Å². The molecule has 29 heavy (non-hydrogen) atoms. The quantitative estimate of drug-likeness (QED) is 0.704. The van der Waals surface area contributed by atoms with Gasteiger partial charge in [0.2, 0.25) is 11.8 Å². The lowest BCUT2D eigenvalue weighted by atomic mass is 9.83. The second kappa shape index (κ2) is 7.20. The molecule has 8 heteroatoms. The molecule has 1 atom stereocenters. The minimum atomic E-state index is -0.564. The standard InChI is InChI=1S/C21H17FN4O3/c1-27-15-8-5-12(9-16(15)28-2)19-18-17(11-3-6-13(22)7-4-11)14(10-23)20(24)29-21(18)26-25-19/h3-9,17H,24H2,1-2H3,(H,25,26)/t17-/m1/s1. The van der Waals surface area contributed by atoms with Gasteiger partial charge in [-0.2, -0.15) is 5.26 Å². The zero-order valence-electron chi connectivity index (χ0n) is 15.7. The fraction of sp³-hybridized carbons (Fsp3) is 0.143. The summed E-state index contributed by atoms with van der Waals surface area (Å²) in [5.41, 5.74) is 8.91. The lowest BCUT2D eigenvalue weighted by molar-refractivity contribution is 0.355. The molecule has 7 nitrogen and oxygen atoms in total. The van der Waals surface area contributed by atoms with E-state index in [2.05, 4.69) is 16.3 Å². The van der Waals surface area contributed by atoms with Gasteiger partial charge in [0, 0.05) is 5.56 Å². The summed E-state index contributed by atoms with van der Waals surface area (Å²) in [6, 6.07) is 13.4. The lowest BCUT2D eigenvalue weighted by Gasteiger charge is -2.24. The highest BCUT2D eigenvalue weighted by Gasteiger charge is 2.35. The first-order valence-electron chi connectivity index (χ1n) is 8.71. The van der Waals surface area contributed by atoms with Crippen LogP contribution in [-0.2, 0) is 0 Å². The Hall–Kier alpha value is -3.99. The molecule has 0 fully saturated rings. The molecule has 0 bridgehead atoms. The Kier molecular flexibility index (Phi) is 4.56. The molecular weight excluding hydrogens is 375 g/mol. The van der Waals surface area contributed by atoms with E-state index in [0.717, 1.165) is 5.56 Å². The summed E-state index contributed by atoms with van der Waals surface area (Å²) in [7, 11) is 3.10. The summed E-state index contributed by atoms with van der Waals surface area (Å²) >= 11 is 0. The summed E-state index contributed by atoms with van der Waals surface area (Å²) in [6.45, 7) is 0. The van der Waals surface area contributed by atoms with Gasteiger partial charge in [-0.15, -0.1) is 5.10 Å². The van der Waals surface area contributed by atoms with Gasteiger partial charge in [0.25, 0.3) is 0 Å². The largest absolute Gasteiger partial charge is 0.493 e. The zero-order chi connectivity index (χ0) is 20.5. The number of aromatic nitrogens is 2. The molecule has 0 spiro atoms. The van der Waals surface area contributed by atoms with Crippen molar-refractivity contribution in [2.45, 2.75) is 5.92 Å². The van der Waals surface area contributed by atoms with Crippen LogP contribution in [0.2, 0.25) is 0 Å². The number of aromatic amines is 1. The van der Waals surface area contributed by atoms with E-state index in [9.17, 15) is 9.65 Å². The maximum atomic E-state index is 13.5. The van der Waals surface area contributed by atoms with Crippen molar-refractivity contribution < 1.29 is 18.6 Å². The minimum Gasteiger partial charge on any atom is -0.493 e. The predicted molar refractivity (Wildman–Crippen MR) is 103 cm³/mol. The van der Waals surface area contributed by atoms with Crippen LogP contribution in [0.1, 0.15) is 17.0 Å². The summed E-state index contributed by atoms with van der Waals surface area (Å²) in [6.07, 6.45) is 0. The number of halogens is 1. The fourth-order valence-electron chi connectivity index (χ4n) is 3.45. The van der Waals surface area contributed by atoms with Crippen molar-refractivity contribution in [3.63, 3.8) is 0 Å². The summed E-state index contributed by atoms with van der Waals surface area (Å²) in [5, 5.41) is 16.9. The Morgan fingerprint density at radius 1 is 1.14 bits per heavy atom. The highest BCUT2D eigenvalue weighted by atomic mass is 19.1. The molecule has 146 valence electrons. The number of fused-ring (bicyclic) bond motifs is 1. The van der Waals surface area contributed by atoms with Gasteiger partial charge in [-0.05, 0) is 35.9 Å². The van der Waals surface area contributed by atoms with E-state index in [0.29, 0.717) is 28.3 Å². The molecule has 0 radical (unpaired) electrons. The third kappa shape index (κ3) is 3.02. The molecule has 3 N–H and O–H groups in total. The maximum absolute atomic E-state index is 13.5. The highest BCUT2D eigenvalue weighted by molar-refractivity contribution is 5.72. The Balaban J connectivity index is 1.92. The van der Waals surface area contributed by atoms with Crippen molar-refractivity contribution in [1.82, 2.24) is 10.2 Å². The molecule has 0 saturated heterocycles. The second-order valence-corrected chi connectivity index (χ2v) is 6.36. The number of hydrogen-bond acceptors (Lipinski definition) is 6. The minimum absolute atomic E-state index is 0.0281. The monoisotopic (exact) mass is 392 g/mol. The van der Waals surface area contributed by atoms with Gasteiger partial charge >= 0.3 is 0 Å². The number of ether oxygens (including phenoxy) is 3. The Morgan fingerprint density at radius 3 is 2.52 bits per heavy atom. The van der Waals surface area contributed by atoms with Crippen LogP contribution < -0.4 is 19.9 Å². The number of nitriles is 1. The summed E-state index contributed by atoms with van der Waals surface area (Å²) in [5.74, 6) is 0.423. The molecule has 4 rings (SSSR count). The van der Waals surface area contributed by atoms with Crippen LogP contribution in [0.15, 0.2) is 53.9 Å². The van der Waals surface area contributed by atoms with E-state index in [-0.39, 0.29) is 23.2 Å². The molecule has 0 aliphatic carbocycles. The van der Waals surface area contributed by atoms with E-state index in [4.69, 9.17) is 19.9 Å². The highest BCUT2D eigenvalue weighted by Crippen LogP contribution is 2.46. The number of H-pyrrole nitrogens is 1. The van der Waals surface area contributed by atoms with Crippen molar-refractivity contribution >= 4 is 0 Å². The molecule has 0 saturated carbocycles. The van der Waals surface area contributed by atoms with Crippen molar-refractivity contribution in [3.05, 3.63) is 70.9 Å². The van der Waals surface area contributed by atoms with Gasteiger partial charge in [0.15, 0.2) is 11.5 Å². The van der Waals surface area contributed by atoms with Crippen LogP contribution in [0.3, 0.4) is 0 Å². The normalized spacial score (nSPS) is 15.3. The molecule has 0 amide bonds. The molecule has 2 heterocycles. The molecule has 2 aromatic carbocycles. The number of nitrogens with two attached hydrogens (primary N) is 1. The Labute approximate surface area is 166 Å². The van der Waals surface area contributed by atoms with E-state index < -0.39 is 5.92 Å². The van der Waals surface area contributed by atoms with Crippen LogP contribution >= 0.6 is 0 Å². The topological polar surface area (TPSA) is 106 Å². The molecule has 3 aromatic rings. The second-order valence-electron chi connectivity index (χ2n) is 6.36. The number of rotatable bonds is 4. The summed E-state index contributed by atoms with van der Waals surface area (Å²) in [4.78, 5) is 0. The zero-order valence-corrected chi connectivity index (χ0v) is 15.7. The van der Waals surface area contributed by atoms with Gasteiger partial charge < -0.3 is 19.9 Å². The number of hydrogen-bond donors (Lipinski definition) is 2. The number of nitrogens with one attached hydrogen (secondary N) is 1. The van der Waals surface area contributed by atoms with Crippen LogP contribution in [0.5, 0.6) is 17.4 Å². The predicted octanol–water partition coefficient (Wildman–Crippen LogP) is 3.45. The average molecular weight is 392 g/mol. The first kappa shape index (κ1) is 18.4. The van der Waals surface area contributed by atoms with Crippen LogP contribution in [0, 0.1) is 17.1 Å². The SMILES string of the molecule is COc1ccc(-c2[nH]nc3c2[C@H](c2ccc(F)cc2)C(C#N)=C(N)O3)cc1OC. The number of benzene rings is 2. The molecule has 1 aliphatic rings. The van der Waals surface area contributed by atoms with Gasteiger partial charge in [-0.25, -0.2) is 4.39 Å². The van der Waals surface area contributed by atoms with E-state index in [1.54, 1.807) is 38.5 Å². The van der Waals surface area contributed by atoms with E-state index in [1.165, 1.54) is 12.1 Å². The number of allylic oxidation sites excluding steroid dienone is 1. The van der Waals surface area contributed by atoms with Crippen molar-refractivity contribution in [1.29, 1.82) is 5.26 Å². The van der Waals surface area contributed by atoms with E-state index in [1.807, 2.05) is 6.07 Å². The first-order valence-corrected chi connectivity index (χ1v) is 8.71. The smallest absolute Gasteiger partial charge is 0.244 e. The van der Waals surface area contributed by atoms with Crippen molar-refractivity contribution in [2.24, 2.45) is 5.73 Å². The number of nitrogens with zero attached hydrogens (tertiary/aromatic N) is 2. The van der Waals surface area contributed by atoms with Gasteiger partial charge in [-0.3, -0.25) is 5.10 Å². The molecule has 1 aromatic heterocycles. The van der Waals surface area contributed by atoms with Crippen LogP contribution in [0.25, 0.3) is 11.3 Å². The van der Waals surface area contributed by atoms with Crippen LogP contribution in [0.4, 0.5) is 4.39 Å². The third-order valence-electron chi connectivity index (χ3n) is 4.81. The molecular formula is C21H17FN4O3. The first-order chi connectivity index (χ1) is 14.1. The Bertz CT molecular complexity index is 1150. The fourth-order valence-corrected chi connectivity index (χ4v) is 3.45. The van der Waals surface area contributed by atoms with Gasteiger partial charge in [0.1, 0.15) is 17.5 Å². The number of methoxy groups -OCH3 is 2. The lowest BCUT2D eigenvalue weighted by Crippen LogP contribution is -2.21. The van der Waals surface area contributed by atoms with E-state index >= 15 is 0 Å². The van der Waals surface area contributed by atoms with Crippen molar-refractivity contribution in [2.75, 3.05) is 14.2 Å². The maximum Gasteiger partial charge on any atom is 0.244 e. The summed E-state index contributed by atoms with van der Waals surface area (Å²) < 4.78 is 29.7.